The molecule has 20 heavy (non-hydrogen) atoms. The van der Waals surface area contributed by atoms with Crippen LogP contribution >= 0.6 is 0 Å². The number of methoxy groups -OCH3 is 1. The summed E-state index contributed by atoms with van der Waals surface area (Å²) in [4.78, 5) is 0. The van der Waals surface area contributed by atoms with Crippen LogP contribution in [0.4, 0.5) is 0 Å². The topological polar surface area (TPSA) is 18.5 Å². The predicted molar refractivity (Wildman–Crippen MR) is 89.6 cm³/mol. The maximum atomic E-state index is 6.51. The van der Waals surface area contributed by atoms with Gasteiger partial charge in [-0.1, -0.05) is 34.1 Å². The lowest BCUT2D eigenvalue weighted by molar-refractivity contribution is 0.409. The number of ether oxygens (including phenoxy) is 1. The molecular formula is C17H30O2Si. The Balaban J connectivity index is 3.20. The molecule has 0 unspecified atom stereocenters. The molecule has 0 saturated heterocycles. The number of benzene rings is 1. The van der Waals surface area contributed by atoms with Gasteiger partial charge in [-0.3, -0.25) is 0 Å². The van der Waals surface area contributed by atoms with Gasteiger partial charge in [0.1, 0.15) is 11.5 Å². The molecule has 1 aromatic rings. The van der Waals surface area contributed by atoms with Crippen LogP contribution in [0, 0.1) is 6.92 Å². The van der Waals surface area contributed by atoms with Crippen molar-refractivity contribution in [1.82, 2.24) is 0 Å². The van der Waals surface area contributed by atoms with E-state index in [-0.39, 0.29) is 5.04 Å². The fourth-order valence-corrected chi connectivity index (χ4v) is 2.96. The highest BCUT2D eigenvalue weighted by atomic mass is 28.4. The summed E-state index contributed by atoms with van der Waals surface area (Å²) in [5, 5.41) is 0.213. The van der Waals surface area contributed by atoms with Crippen molar-refractivity contribution in [3.05, 3.63) is 23.3 Å². The summed E-state index contributed by atoms with van der Waals surface area (Å²) in [5.74, 6) is 2.01. The third-order valence-electron chi connectivity index (χ3n) is 4.27. The largest absolute Gasteiger partial charge is 0.543 e. The van der Waals surface area contributed by atoms with Gasteiger partial charge in [0.15, 0.2) is 0 Å². The lowest BCUT2D eigenvalue weighted by atomic mass is 10.1. The van der Waals surface area contributed by atoms with E-state index in [1.807, 2.05) is 0 Å². The van der Waals surface area contributed by atoms with E-state index in [4.69, 9.17) is 9.16 Å². The summed E-state index contributed by atoms with van der Waals surface area (Å²) >= 11 is 0. The molecule has 0 aliphatic carbocycles. The van der Waals surface area contributed by atoms with Gasteiger partial charge in [0.25, 0.3) is 0 Å². The molecule has 3 heteroatoms. The van der Waals surface area contributed by atoms with Crippen molar-refractivity contribution in [1.29, 1.82) is 0 Å². The Morgan fingerprint density at radius 3 is 2.15 bits per heavy atom. The van der Waals surface area contributed by atoms with Crippen LogP contribution in [0.2, 0.25) is 18.1 Å². The van der Waals surface area contributed by atoms with Crippen molar-refractivity contribution in [2.24, 2.45) is 0 Å². The zero-order chi connectivity index (χ0) is 15.6. The molecule has 0 N–H and O–H groups in total. The molecule has 0 atom stereocenters. The number of rotatable bonds is 5. The summed E-state index contributed by atoms with van der Waals surface area (Å²) < 4.78 is 12.0. The fourth-order valence-electron chi connectivity index (χ4n) is 1.91. The lowest BCUT2D eigenvalue weighted by Crippen LogP contribution is -2.44. The summed E-state index contributed by atoms with van der Waals surface area (Å²) in [6.45, 7) is 15.7. The second-order valence-corrected chi connectivity index (χ2v) is 11.8. The third-order valence-corrected chi connectivity index (χ3v) is 8.61. The minimum atomic E-state index is -1.80. The third kappa shape index (κ3) is 3.78. The SMILES string of the molecule is CCCc1cc(OC)c(C)cc1O[Si](C)(C)C(C)(C)C. The Labute approximate surface area is 125 Å². The van der Waals surface area contributed by atoms with Crippen molar-refractivity contribution in [3.8, 4) is 11.5 Å². The molecule has 2 nitrogen and oxygen atoms in total. The number of hydrogen-bond acceptors (Lipinski definition) is 2. The molecule has 0 aliphatic heterocycles. The lowest BCUT2D eigenvalue weighted by Gasteiger charge is -2.37. The van der Waals surface area contributed by atoms with E-state index < -0.39 is 8.32 Å². The zero-order valence-electron chi connectivity index (χ0n) is 14.4. The average molecular weight is 295 g/mol. The normalized spacial score (nSPS) is 12.4. The van der Waals surface area contributed by atoms with Crippen LogP contribution in [0.3, 0.4) is 0 Å². The van der Waals surface area contributed by atoms with Gasteiger partial charge in [-0.2, -0.15) is 0 Å². The van der Waals surface area contributed by atoms with Gasteiger partial charge in [-0.25, -0.2) is 0 Å². The average Bonchev–Trinajstić information content (AvgIpc) is 2.30. The Bertz CT molecular complexity index is 459. The standard InChI is InChI=1S/C17H30O2Si/c1-9-10-14-12-15(18-6)13(2)11-16(14)19-20(7,8)17(3,4)5/h11-12H,9-10H2,1-8H3. The monoisotopic (exact) mass is 294 g/mol. The molecular weight excluding hydrogens is 264 g/mol. The first kappa shape index (κ1) is 17.1. The molecule has 0 saturated carbocycles. The van der Waals surface area contributed by atoms with E-state index in [1.165, 1.54) is 5.56 Å². The van der Waals surface area contributed by atoms with E-state index in [2.05, 4.69) is 59.8 Å². The first-order valence-electron chi connectivity index (χ1n) is 7.49. The van der Waals surface area contributed by atoms with Crippen molar-refractivity contribution in [2.45, 2.75) is 65.6 Å². The van der Waals surface area contributed by atoms with Crippen LogP contribution < -0.4 is 9.16 Å². The van der Waals surface area contributed by atoms with Crippen molar-refractivity contribution >= 4 is 8.32 Å². The Hall–Kier alpha value is -0.963. The summed E-state index contributed by atoms with van der Waals surface area (Å²) in [7, 11) is -0.0689. The van der Waals surface area contributed by atoms with Crippen LogP contribution in [0.1, 0.15) is 45.2 Å². The van der Waals surface area contributed by atoms with Gasteiger partial charge in [0.05, 0.1) is 7.11 Å². The highest BCUT2D eigenvalue weighted by molar-refractivity contribution is 6.74. The van der Waals surface area contributed by atoms with Crippen molar-refractivity contribution < 1.29 is 9.16 Å². The molecule has 0 fully saturated rings. The number of aryl methyl sites for hydroxylation is 2. The molecule has 0 amide bonds. The maximum Gasteiger partial charge on any atom is 0.250 e. The minimum Gasteiger partial charge on any atom is -0.543 e. The maximum absolute atomic E-state index is 6.51. The summed E-state index contributed by atoms with van der Waals surface area (Å²) in [6, 6.07) is 4.28. The van der Waals surface area contributed by atoms with E-state index in [9.17, 15) is 0 Å². The van der Waals surface area contributed by atoms with Gasteiger partial charge >= 0.3 is 0 Å². The molecule has 1 rings (SSSR count). The van der Waals surface area contributed by atoms with E-state index in [1.54, 1.807) is 7.11 Å². The van der Waals surface area contributed by atoms with E-state index in [0.717, 1.165) is 29.9 Å². The Morgan fingerprint density at radius 1 is 1.10 bits per heavy atom. The molecule has 114 valence electrons. The highest BCUT2D eigenvalue weighted by Crippen LogP contribution is 2.39. The number of hydrogen-bond donors (Lipinski definition) is 0. The van der Waals surface area contributed by atoms with Crippen LogP contribution in [0.15, 0.2) is 12.1 Å². The molecule has 0 aliphatic rings. The summed E-state index contributed by atoms with van der Waals surface area (Å²) in [5.41, 5.74) is 2.40. The molecule has 0 spiro atoms. The van der Waals surface area contributed by atoms with Crippen LogP contribution in [0.25, 0.3) is 0 Å². The molecule has 0 bridgehead atoms. The van der Waals surface area contributed by atoms with Gasteiger partial charge in [-0.05, 0) is 54.7 Å². The van der Waals surface area contributed by atoms with Gasteiger partial charge in [-0.15, -0.1) is 0 Å². The van der Waals surface area contributed by atoms with E-state index >= 15 is 0 Å². The Morgan fingerprint density at radius 2 is 1.70 bits per heavy atom. The first-order chi connectivity index (χ1) is 9.12. The van der Waals surface area contributed by atoms with E-state index in [0.29, 0.717) is 0 Å². The second kappa shape index (κ2) is 6.21. The quantitative estimate of drug-likeness (QED) is 0.682. The van der Waals surface area contributed by atoms with Crippen LogP contribution in [0.5, 0.6) is 11.5 Å². The molecule has 1 aromatic carbocycles. The van der Waals surface area contributed by atoms with Gasteiger partial charge < -0.3 is 9.16 Å². The fraction of sp³-hybridized carbons (Fsp3) is 0.647. The molecule has 0 aromatic heterocycles. The van der Waals surface area contributed by atoms with Gasteiger partial charge in [0, 0.05) is 0 Å². The van der Waals surface area contributed by atoms with Crippen LogP contribution in [-0.2, 0) is 6.42 Å². The van der Waals surface area contributed by atoms with Crippen molar-refractivity contribution in [3.63, 3.8) is 0 Å². The molecule has 0 radical (unpaired) electrons. The minimum absolute atomic E-state index is 0.213. The zero-order valence-corrected chi connectivity index (χ0v) is 15.4. The van der Waals surface area contributed by atoms with Crippen LogP contribution in [-0.4, -0.2) is 15.4 Å². The highest BCUT2D eigenvalue weighted by Gasteiger charge is 2.39. The molecule has 0 heterocycles. The Kier molecular flexibility index (Phi) is 5.31. The predicted octanol–water partition coefficient (Wildman–Crippen LogP) is 5.34. The second-order valence-electron chi connectivity index (χ2n) is 7.04. The summed E-state index contributed by atoms with van der Waals surface area (Å²) in [6.07, 6.45) is 2.14. The smallest absolute Gasteiger partial charge is 0.250 e. The first-order valence-corrected chi connectivity index (χ1v) is 10.4. The van der Waals surface area contributed by atoms with Gasteiger partial charge in [0.2, 0.25) is 8.32 Å². The van der Waals surface area contributed by atoms with Crippen molar-refractivity contribution in [2.75, 3.05) is 7.11 Å².